The SMILES string of the molecule is CNC(=O)c1cnc(NC(=O)OC)cc1Nc1cccc(-c2ncc(S(=O)(=O)C(C)C)cn2)c1OC. The zero-order valence-corrected chi connectivity index (χ0v) is 21.1. The number of sulfone groups is 1. The Morgan fingerprint density at radius 3 is 2.28 bits per heavy atom. The average molecular weight is 515 g/mol. The number of carbonyl (C=O) groups is 2. The van der Waals surface area contributed by atoms with Crippen LogP contribution < -0.4 is 20.7 Å². The Morgan fingerprint density at radius 1 is 1.00 bits per heavy atom. The van der Waals surface area contributed by atoms with E-state index in [-0.39, 0.29) is 22.1 Å². The number of anilines is 3. The summed E-state index contributed by atoms with van der Waals surface area (Å²) in [5.41, 5.74) is 1.47. The van der Waals surface area contributed by atoms with Crippen molar-refractivity contribution in [3.63, 3.8) is 0 Å². The fourth-order valence-corrected chi connectivity index (χ4v) is 4.09. The summed E-state index contributed by atoms with van der Waals surface area (Å²) in [5, 5.41) is 7.51. The lowest BCUT2D eigenvalue weighted by molar-refractivity contribution is 0.0963. The van der Waals surface area contributed by atoms with E-state index in [0.29, 0.717) is 22.7 Å². The first kappa shape index (κ1) is 26.3. The number of rotatable bonds is 8. The van der Waals surface area contributed by atoms with Crippen LogP contribution in [0.3, 0.4) is 0 Å². The number of amides is 2. The molecule has 12 nitrogen and oxygen atoms in total. The lowest BCUT2D eigenvalue weighted by atomic mass is 10.1. The molecule has 3 N–H and O–H groups in total. The number of carbonyl (C=O) groups excluding carboxylic acids is 2. The number of pyridine rings is 1. The van der Waals surface area contributed by atoms with Gasteiger partial charge in [0.1, 0.15) is 10.7 Å². The van der Waals surface area contributed by atoms with Crippen molar-refractivity contribution in [1.29, 1.82) is 0 Å². The maximum Gasteiger partial charge on any atom is 0.412 e. The second kappa shape index (κ2) is 11.0. The van der Waals surface area contributed by atoms with Crippen LogP contribution in [-0.2, 0) is 14.6 Å². The highest BCUT2D eigenvalue weighted by Crippen LogP contribution is 2.37. The highest BCUT2D eigenvalue weighted by Gasteiger charge is 2.22. The van der Waals surface area contributed by atoms with Crippen LogP contribution in [0, 0.1) is 0 Å². The molecular formula is C23H26N6O6S. The van der Waals surface area contributed by atoms with Gasteiger partial charge in [-0.25, -0.2) is 28.2 Å². The maximum absolute atomic E-state index is 12.4. The van der Waals surface area contributed by atoms with E-state index in [9.17, 15) is 18.0 Å². The molecule has 2 heterocycles. The molecule has 0 bridgehead atoms. The number of hydrogen-bond donors (Lipinski definition) is 3. The maximum atomic E-state index is 12.4. The average Bonchev–Trinajstić information content (AvgIpc) is 2.88. The molecule has 36 heavy (non-hydrogen) atoms. The van der Waals surface area contributed by atoms with Gasteiger partial charge in [-0.15, -0.1) is 0 Å². The van der Waals surface area contributed by atoms with Crippen LogP contribution in [0.2, 0.25) is 0 Å². The summed E-state index contributed by atoms with van der Waals surface area (Å²) in [6.07, 6.45) is 3.10. The summed E-state index contributed by atoms with van der Waals surface area (Å²) < 4.78 is 35.0. The van der Waals surface area contributed by atoms with Crippen LogP contribution >= 0.6 is 0 Å². The Labute approximate surface area is 208 Å². The van der Waals surface area contributed by atoms with Gasteiger partial charge < -0.3 is 20.1 Å². The largest absolute Gasteiger partial charge is 0.494 e. The summed E-state index contributed by atoms with van der Waals surface area (Å²) in [6, 6.07) is 6.61. The lowest BCUT2D eigenvalue weighted by Crippen LogP contribution is -2.20. The van der Waals surface area contributed by atoms with Crippen molar-refractivity contribution in [1.82, 2.24) is 20.3 Å². The number of benzene rings is 1. The Bertz CT molecular complexity index is 1380. The van der Waals surface area contributed by atoms with Crippen molar-refractivity contribution < 1.29 is 27.5 Å². The summed E-state index contributed by atoms with van der Waals surface area (Å²) >= 11 is 0. The molecule has 3 aromatic rings. The third-order valence-corrected chi connectivity index (χ3v) is 7.21. The van der Waals surface area contributed by atoms with Gasteiger partial charge in [0.2, 0.25) is 0 Å². The quantitative estimate of drug-likeness (QED) is 0.407. The molecule has 0 fully saturated rings. The predicted molar refractivity (Wildman–Crippen MR) is 133 cm³/mol. The van der Waals surface area contributed by atoms with Crippen molar-refractivity contribution >= 4 is 39.0 Å². The standard InChI is InChI=1S/C23H26N6O6S/c1-13(2)36(32,33)14-10-26-21(27-11-14)15-7-6-8-17(20(15)34-4)28-18-9-19(29-23(31)35-5)25-12-16(18)22(30)24-3/h6-13H,1-5H3,(H,24,30)(H2,25,28,29,31). The van der Waals surface area contributed by atoms with Gasteiger partial charge in [0.05, 0.1) is 42.0 Å². The highest BCUT2D eigenvalue weighted by molar-refractivity contribution is 7.92. The number of hydrogen-bond acceptors (Lipinski definition) is 10. The number of ether oxygens (including phenoxy) is 2. The van der Waals surface area contributed by atoms with Crippen LogP contribution in [-0.4, -0.2) is 61.9 Å². The molecule has 0 radical (unpaired) electrons. The van der Waals surface area contributed by atoms with Gasteiger partial charge in [-0.2, -0.15) is 0 Å². The molecule has 2 amide bonds. The Hall–Kier alpha value is -4.26. The minimum Gasteiger partial charge on any atom is -0.494 e. The molecule has 0 atom stereocenters. The van der Waals surface area contributed by atoms with E-state index < -0.39 is 27.1 Å². The van der Waals surface area contributed by atoms with E-state index in [4.69, 9.17) is 4.74 Å². The van der Waals surface area contributed by atoms with E-state index in [1.54, 1.807) is 32.0 Å². The van der Waals surface area contributed by atoms with Crippen molar-refractivity contribution in [3.05, 3.63) is 48.4 Å². The zero-order valence-electron chi connectivity index (χ0n) is 20.3. The van der Waals surface area contributed by atoms with Crippen molar-refractivity contribution in [2.24, 2.45) is 0 Å². The summed E-state index contributed by atoms with van der Waals surface area (Å²) in [5.74, 6) is 0.332. The molecule has 190 valence electrons. The van der Waals surface area contributed by atoms with Gasteiger partial charge in [0.15, 0.2) is 21.4 Å². The van der Waals surface area contributed by atoms with Gasteiger partial charge in [-0.05, 0) is 26.0 Å². The lowest BCUT2D eigenvalue weighted by Gasteiger charge is -2.17. The summed E-state index contributed by atoms with van der Waals surface area (Å²) in [6.45, 7) is 3.17. The van der Waals surface area contributed by atoms with Crippen molar-refractivity contribution in [2.75, 3.05) is 31.9 Å². The Kier molecular flexibility index (Phi) is 8.04. The molecule has 0 aliphatic carbocycles. The topological polar surface area (TPSA) is 161 Å². The fraction of sp³-hybridized carbons (Fsp3) is 0.261. The number of nitrogens with one attached hydrogen (secondary N) is 3. The molecule has 1 aromatic carbocycles. The van der Waals surface area contributed by atoms with E-state index in [2.05, 4.69) is 35.6 Å². The first-order valence-corrected chi connectivity index (χ1v) is 12.2. The predicted octanol–water partition coefficient (Wildman–Crippen LogP) is 3.01. The molecule has 0 aliphatic rings. The molecular weight excluding hydrogens is 488 g/mol. The smallest absolute Gasteiger partial charge is 0.412 e. The summed E-state index contributed by atoms with van der Waals surface area (Å²) in [4.78, 5) is 36.6. The normalized spacial score (nSPS) is 11.1. The number of methoxy groups -OCH3 is 2. The van der Waals surface area contributed by atoms with Gasteiger partial charge in [0, 0.05) is 31.7 Å². The zero-order chi connectivity index (χ0) is 26.5. The van der Waals surface area contributed by atoms with Gasteiger partial charge >= 0.3 is 6.09 Å². The minimum atomic E-state index is -3.52. The minimum absolute atomic E-state index is 0.0205. The second-order valence-corrected chi connectivity index (χ2v) is 10.2. The van der Waals surface area contributed by atoms with Crippen LogP contribution in [0.5, 0.6) is 5.75 Å². The molecule has 13 heteroatoms. The molecule has 0 spiro atoms. The molecule has 0 saturated heterocycles. The van der Waals surface area contributed by atoms with Crippen molar-refractivity contribution in [3.8, 4) is 17.1 Å². The first-order chi connectivity index (χ1) is 17.1. The third-order valence-electron chi connectivity index (χ3n) is 5.10. The highest BCUT2D eigenvalue weighted by atomic mass is 32.2. The number of nitrogens with zero attached hydrogens (tertiary/aromatic N) is 3. The number of para-hydroxylation sites is 1. The molecule has 3 rings (SSSR count). The van der Waals surface area contributed by atoms with E-state index in [1.165, 1.54) is 45.9 Å². The summed E-state index contributed by atoms with van der Waals surface area (Å²) in [7, 11) is 0.634. The van der Waals surface area contributed by atoms with Gasteiger partial charge in [-0.3, -0.25) is 10.1 Å². The molecule has 2 aromatic heterocycles. The molecule has 0 aliphatic heterocycles. The van der Waals surface area contributed by atoms with E-state index >= 15 is 0 Å². The van der Waals surface area contributed by atoms with Crippen LogP contribution in [0.1, 0.15) is 24.2 Å². The van der Waals surface area contributed by atoms with Crippen molar-refractivity contribution in [2.45, 2.75) is 24.0 Å². The fourth-order valence-electron chi connectivity index (χ4n) is 3.15. The molecule has 0 unspecified atom stereocenters. The van der Waals surface area contributed by atoms with Crippen LogP contribution in [0.4, 0.5) is 22.0 Å². The Morgan fingerprint density at radius 2 is 1.69 bits per heavy atom. The van der Waals surface area contributed by atoms with E-state index in [1.807, 2.05) is 0 Å². The van der Waals surface area contributed by atoms with Gasteiger partial charge in [0.25, 0.3) is 5.91 Å². The van der Waals surface area contributed by atoms with Crippen LogP contribution in [0.25, 0.3) is 11.4 Å². The van der Waals surface area contributed by atoms with Crippen LogP contribution in [0.15, 0.2) is 47.8 Å². The second-order valence-electron chi connectivity index (χ2n) is 7.66. The van der Waals surface area contributed by atoms with Gasteiger partial charge in [-0.1, -0.05) is 6.07 Å². The monoisotopic (exact) mass is 514 g/mol. The first-order valence-electron chi connectivity index (χ1n) is 10.7. The Balaban J connectivity index is 2.04. The van der Waals surface area contributed by atoms with E-state index in [0.717, 1.165) is 0 Å². The molecule has 0 saturated carbocycles. The number of aromatic nitrogens is 3. The third kappa shape index (κ3) is 5.51.